The number of halogens is 2. The molecule has 39 heavy (non-hydrogen) atoms. The maximum absolute atomic E-state index is 13.9. The maximum atomic E-state index is 13.9. The summed E-state index contributed by atoms with van der Waals surface area (Å²) in [5, 5.41) is 3.76. The van der Waals surface area contributed by atoms with Crippen LogP contribution in [-0.4, -0.2) is 44.3 Å². The molecule has 10 heteroatoms. The van der Waals surface area contributed by atoms with Gasteiger partial charge in [-0.3, -0.25) is 13.9 Å². The number of carbonyl (C=O) groups is 2. The number of hydrogen-bond acceptors (Lipinski definition) is 4. The molecule has 0 bridgehead atoms. The van der Waals surface area contributed by atoms with Gasteiger partial charge >= 0.3 is 0 Å². The molecule has 0 aliphatic heterocycles. The molecule has 3 aromatic rings. The number of sulfonamides is 1. The van der Waals surface area contributed by atoms with Crippen LogP contribution >= 0.6 is 23.2 Å². The van der Waals surface area contributed by atoms with Crippen LogP contribution in [0.15, 0.2) is 71.6 Å². The lowest BCUT2D eigenvalue weighted by Crippen LogP contribution is -2.51. The van der Waals surface area contributed by atoms with Crippen molar-refractivity contribution >= 4 is 50.7 Å². The molecule has 0 aliphatic rings. The Morgan fingerprint density at radius 2 is 1.49 bits per heavy atom. The molecule has 0 spiro atoms. The second kappa shape index (κ2) is 13.3. The van der Waals surface area contributed by atoms with E-state index in [0.29, 0.717) is 22.3 Å². The van der Waals surface area contributed by atoms with E-state index in [-0.39, 0.29) is 17.3 Å². The monoisotopic (exact) mass is 589 g/mol. The smallest absolute Gasteiger partial charge is 0.264 e. The van der Waals surface area contributed by atoms with Crippen LogP contribution in [0.4, 0.5) is 5.69 Å². The van der Waals surface area contributed by atoms with Crippen molar-refractivity contribution in [2.75, 3.05) is 17.4 Å². The Balaban J connectivity index is 2.04. The highest BCUT2D eigenvalue weighted by Crippen LogP contribution is 2.27. The van der Waals surface area contributed by atoms with Gasteiger partial charge in [0.05, 0.1) is 10.6 Å². The fourth-order valence-electron chi connectivity index (χ4n) is 3.91. The predicted octanol–water partition coefficient (Wildman–Crippen LogP) is 5.75. The van der Waals surface area contributed by atoms with Crippen molar-refractivity contribution in [3.8, 4) is 0 Å². The van der Waals surface area contributed by atoms with Crippen molar-refractivity contribution in [2.24, 2.45) is 0 Å². The molecule has 1 unspecified atom stereocenters. The van der Waals surface area contributed by atoms with E-state index in [0.717, 1.165) is 27.4 Å². The standard InChI is InChI=1S/C29H33Cl2N3O4S/c1-5-16-32-29(36)22(4)33(18-23-7-9-24(30)10-8-23)28(35)19-34(26-13-6-20(2)21(3)17-26)39(37,38)27-14-11-25(31)12-15-27/h6-15,17,22H,5,16,18-19H2,1-4H3,(H,32,36). The molecule has 208 valence electrons. The summed E-state index contributed by atoms with van der Waals surface area (Å²) in [4.78, 5) is 28.2. The average molecular weight is 591 g/mol. The van der Waals surface area contributed by atoms with Crippen LogP contribution in [0.3, 0.4) is 0 Å². The van der Waals surface area contributed by atoms with Crippen molar-refractivity contribution < 1.29 is 18.0 Å². The summed E-state index contributed by atoms with van der Waals surface area (Å²) in [5.74, 6) is -0.850. The molecule has 1 atom stereocenters. The first-order valence-corrected chi connectivity index (χ1v) is 14.8. The van der Waals surface area contributed by atoms with Crippen LogP contribution in [0.25, 0.3) is 0 Å². The van der Waals surface area contributed by atoms with E-state index in [1.54, 1.807) is 43.3 Å². The molecule has 0 radical (unpaired) electrons. The number of benzene rings is 3. The van der Waals surface area contributed by atoms with Gasteiger partial charge < -0.3 is 10.2 Å². The van der Waals surface area contributed by atoms with Gasteiger partial charge in [0.2, 0.25) is 11.8 Å². The normalized spacial score (nSPS) is 12.1. The van der Waals surface area contributed by atoms with Gasteiger partial charge in [0, 0.05) is 23.1 Å². The summed E-state index contributed by atoms with van der Waals surface area (Å²) in [6.45, 7) is 7.42. The number of anilines is 1. The number of aryl methyl sites for hydroxylation is 2. The zero-order chi connectivity index (χ0) is 28.7. The second-order valence-corrected chi connectivity index (χ2v) is 12.1. The number of amides is 2. The van der Waals surface area contributed by atoms with E-state index in [9.17, 15) is 18.0 Å². The van der Waals surface area contributed by atoms with Crippen LogP contribution in [0.2, 0.25) is 10.0 Å². The Hall–Kier alpha value is -3.07. The fourth-order valence-corrected chi connectivity index (χ4v) is 5.57. The van der Waals surface area contributed by atoms with Gasteiger partial charge in [-0.05, 0) is 92.4 Å². The summed E-state index contributed by atoms with van der Waals surface area (Å²) in [6, 6.07) is 17.1. The summed E-state index contributed by atoms with van der Waals surface area (Å²) in [6.07, 6.45) is 0.740. The number of nitrogens with zero attached hydrogens (tertiary/aromatic N) is 2. The van der Waals surface area contributed by atoms with E-state index >= 15 is 0 Å². The zero-order valence-corrected chi connectivity index (χ0v) is 24.8. The third-order valence-corrected chi connectivity index (χ3v) is 8.73. The molecule has 0 fully saturated rings. The van der Waals surface area contributed by atoms with Gasteiger partial charge in [-0.1, -0.05) is 48.3 Å². The lowest BCUT2D eigenvalue weighted by atomic mass is 10.1. The summed E-state index contributed by atoms with van der Waals surface area (Å²) >= 11 is 12.0. The van der Waals surface area contributed by atoms with Crippen LogP contribution in [-0.2, 0) is 26.2 Å². The molecule has 1 N–H and O–H groups in total. The van der Waals surface area contributed by atoms with E-state index in [1.807, 2.05) is 26.8 Å². The first-order chi connectivity index (χ1) is 18.4. The minimum absolute atomic E-state index is 0.00378. The average Bonchev–Trinajstić information content (AvgIpc) is 2.91. The summed E-state index contributed by atoms with van der Waals surface area (Å²) in [5.41, 5.74) is 2.96. The predicted molar refractivity (Wildman–Crippen MR) is 157 cm³/mol. The van der Waals surface area contributed by atoms with E-state index in [2.05, 4.69) is 5.32 Å². The quantitative estimate of drug-likeness (QED) is 0.308. The van der Waals surface area contributed by atoms with Crippen molar-refractivity contribution in [3.05, 3.63) is 93.5 Å². The molecule has 2 amide bonds. The van der Waals surface area contributed by atoms with Crippen molar-refractivity contribution in [1.29, 1.82) is 0 Å². The molecular formula is C29H33Cl2N3O4S. The lowest BCUT2D eigenvalue weighted by Gasteiger charge is -2.32. The highest BCUT2D eigenvalue weighted by molar-refractivity contribution is 7.92. The van der Waals surface area contributed by atoms with Crippen LogP contribution in [0.1, 0.15) is 37.0 Å². The fraction of sp³-hybridized carbons (Fsp3) is 0.310. The van der Waals surface area contributed by atoms with Gasteiger partial charge in [-0.2, -0.15) is 0 Å². The Morgan fingerprint density at radius 3 is 2.05 bits per heavy atom. The molecule has 0 saturated carbocycles. The van der Waals surface area contributed by atoms with Crippen molar-refractivity contribution in [3.63, 3.8) is 0 Å². The SMILES string of the molecule is CCCNC(=O)C(C)N(Cc1ccc(Cl)cc1)C(=O)CN(c1ccc(C)c(C)c1)S(=O)(=O)c1ccc(Cl)cc1. The van der Waals surface area contributed by atoms with Crippen LogP contribution < -0.4 is 9.62 Å². The van der Waals surface area contributed by atoms with Crippen LogP contribution in [0, 0.1) is 13.8 Å². The number of nitrogens with one attached hydrogen (secondary N) is 1. The van der Waals surface area contributed by atoms with Crippen molar-refractivity contribution in [1.82, 2.24) is 10.2 Å². The van der Waals surface area contributed by atoms with E-state index in [4.69, 9.17) is 23.2 Å². The van der Waals surface area contributed by atoms with Crippen LogP contribution in [0.5, 0.6) is 0 Å². The first kappa shape index (κ1) is 30.5. The second-order valence-electron chi connectivity index (χ2n) is 9.35. The molecule has 0 heterocycles. The Labute approximate surface area is 240 Å². The highest BCUT2D eigenvalue weighted by Gasteiger charge is 2.32. The van der Waals surface area contributed by atoms with E-state index in [1.165, 1.54) is 29.2 Å². The molecular weight excluding hydrogens is 557 g/mol. The number of carbonyl (C=O) groups excluding carboxylic acids is 2. The largest absolute Gasteiger partial charge is 0.354 e. The molecule has 3 aromatic carbocycles. The Kier molecular flexibility index (Phi) is 10.4. The van der Waals surface area contributed by atoms with E-state index < -0.39 is 28.5 Å². The summed E-state index contributed by atoms with van der Waals surface area (Å²) < 4.78 is 28.8. The molecule has 0 aliphatic carbocycles. The molecule has 3 rings (SSSR count). The summed E-state index contributed by atoms with van der Waals surface area (Å²) in [7, 11) is -4.16. The van der Waals surface area contributed by atoms with Gasteiger partial charge in [0.15, 0.2) is 0 Å². The zero-order valence-electron chi connectivity index (χ0n) is 22.4. The topological polar surface area (TPSA) is 86.8 Å². The molecule has 0 saturated heterocycles. The number of rotatable bonds is 11. The lowest BCUT2D eigenvalue weighted by molar-refractivity contribution is -0.139. The van der Waals surface area contributed by atoms with Crippen molar-refractivity contribution in [2.45, 2.75) is 51.6 Å². The Morgan fingerprint density at radius 1 is 0.897 bits per heavy atom. The van der Waals surface area contributed by atoms with Gasteiger partial charge in [0.1, 0.15) is 12.6 Å². The Bertz CT molecular complexity index is 1410. The first-order valence-electron chi connectivity index (χ1n) is 12.6. The minimum Gasteiger partial charge on any atom is -0.354 e. The van der Waals surface area contributed by atoms with Gasteiger partial charge in [-0.25, -0.2) is 8.42 Å². The maximum Gasteiger partial charge on any atom is 0.264 e. The minimum atomic E-state index is -4.16. The molecule has 0 aromatic heterocycles. The molecule has 7 nitrogen and oxygen atoms in total. The van der Waals surface area contributed by atoms with Gasteiger partial charge in [0.25, 0.3) is 10.0 Å². The van der Waals surface area contributed by atoms with Gasteiger partial charge in [-0.15, -0.1) is 0 Å². The highest BCUT2D eigenvalue weighted by atomic mass is 35.5. The third-order valence-electron chi connectivity index (χ3n) is 6.44. The number of hydrogen-bond donors (Lipinski definition) is 1. The third kappa shape index (κ3) is 7.75.